The summed E-state index contributed by atoms with van der Waals surface area (Å²) in [7, 11) is -1.50. The Balaban J connectivity index is 0.000000200. The molecule has 175 valence electrons. The molecule has 1 N–H and O–H groups in total. The van der Waals surface area contributed by atoms with Crippen molar-refractivity contribution >= 4 is 17.1 Å². The van der Waals surface area contributed by atoms with Crippen LogP contribution in [-0.2, 0) is 20.0 Å². The Labute approximate surface area is 219 Å². The maximum absolute atomic E-state index is 9.65. The molecule has 3 aromatic carbocycles. The Bertz CT molecular complexity index is 1040. The Kier molecular flexibility index (Phi) is 10.7. The number of aromatic hydroxyl groups is 1. The predicted molar refractivity (Wildman–Crippen MR) is 147 cm³/mol. The minimum atomic E-state index is -1.50. The molecule has 3 heteroatoms. The van der Waals surface area contributed by atoms with E-state index in [9.17, 15) is 5.11 Å². The standard InChI is InChI=1S/C13H22OSi.C13H10.C5H5.Ti/c1-10-7-11(14)9-12(8-10)15(5,6)13(2,3)4;1-3-7-12(8-4-1)11-13-9-5-2-6-10-13;1-2-4-5-3-1;/h7-9,14H,1-6H3;1-10H;1-3H,4H2;/q;;-1;+1. The molecule has 0 fully saturated rings. The van der Waals surface area contributed by atoms with E-state index in [1.54, 1.807) is 0 Å². The normalized spacial score (nSPS) is 12.4. The summed E-state index contributed by atoms with van der Waals surface area (Å²) < 4.78 is 1.33. The van der Waals surface area contributed by atoms with E-state index >= 15 is 0 Å². The van der Waals surface area contributed by atoms with Gasteiger partial charge in [-0.3, -0.25) is 6.08 Å². The van der Waals surface area contributed by atoms with Crippen molar-refractivity contribution in [2.24, 2.45) is 0 Å². The first-order valence-electron chi connectivity index (χ1n) is 11.7. The van der Waals surface area contributed by atoms with Crippen molar-refractivity contribution in [2.45, 2.75) is 52.2 Å². The Hall–Kier alpha value is -2.26. The summed E-state index contributed by atoms with van der Waals surface area (Å²) in [4.78, 5) is 0. The van der Waals surface area contributed by atoms with Crippen LogP contribution in [0.4, 0.5) is 0 Å². The van der Waals surface area contributed by atoms with E-state index in [2.05, 4.69) is 121 Å². The molecule has 0 radical (unpaired) electrons. The molecule has 0 spiro atoms. The molecule has 1 aliphatic carbocycles. The first kappa shape index (κ1) is 28.0. The molecule has 0 amide bonds. The summed E-state index contributed by atoms with van der Waals surface area (Å²) in [5.41, 5.74) is 3.73. The average molecular weight is 502 g/mol. The van der Waals surface area contributed by atoms with Crippen molar-refractivity contribution in [1.82, 2.24) is 0 Å². The minimum absolute atomic E-state index is 0.313. The quantitative estimate of drug-likeness (QED) is 0.291. The molecule has 0 bridgehead atoms. The zero-order valence-electron chi connectivity index (χ0n) is 21.4. The third-order valence-electron chi connectivity index (χ3n) is 6.37. The van der Waals surface area contributed by atoms with Gasteiger partial charge in [0.25, 0.3) is 0 Å². The van der Waals surface area contributed by atoms with E-state index in [0.717, 1.165) is 12.0 Å². The Morgan fingerprint density at radius 3 is 1.76 bits per heavy atom. The SMILES string of the molecule is Cc1cc(O)cc([Si](C)(C)C(C)(C)C)c1.[C-]1=CC=CC1.[Ti+]=[C](c1ccccc1)c1ccccc1. The van der Waals surface area contributed by atoms with Gasteiger partial charge in [-0.25, -0.2) is 12.2 Å². The van der Waals surface area contributed by atoms with E-state index < -0.39 is 8.07 Å². The number of hydrogen-bond donors (Lipinski definition) is 1. The van der Waals surface area contributed by atoms with Crippen LogP contribution in [0.3, 0.4) is 0 Å². The van der Waals surface area contributed by atoms with Crippen LogP contribution in [0, 0.1) is 13.0 Å². The third kappa shape index (κ3) is 8.51. The molecule has 0 aromatic heterocycles. The molecule has 1 nitrogen and oxygen atoms in total. The number of benzene rings is 3. The van der Waals surface area contributed by atoms with Crippen molar-refractivity contribution in [3.63, 3.8) is 0 Å². The van der Waals surface area contributed by atoms with Crippen molar-refractivity contribution in [2.75, 3.05) is 0 Å². The van der Waals surface area contributed by atoms with Gasteiger partial charge in [-0.05, 0) is 29.7 Å². The predicted octanol–water partition coefficient (Wildman–Crippen LogP) is 7.52. The fourth-order valence-electron chi connectivity index (χ4n) is 3.27. The molecule has 1 aliphatic rings. The second-order valence-corrected chi connectivity index (χ2v) is 16.2. The zero-order chi connectivity index (χ0) is 25.2. The second kappa shape index (κ2) is 13.0. The summed E-state index contributed by atoms with van der Waals surface area (Å²) in [6.45, 7) is 13.6. The van der Waals surface area contributed by atoms with Gasteiger partial charge in [0, 0.05) is 0 Å². The monoisotopic (exact) mass is 501 g/mol. The number of allylic oxidation sites excluding steroid dienone is 4. The number of phenolic OH excluding ortho intramolecular Hbond substituents is 1. The van der Waals surface area contributed by atoms with Crippen molar-refractivity contribution in [3.8, 4) is 5.75 Å². The maximum atomic E-state index is 9.65. The van der Waals surface area contributed by atoms with E-state index in [1.807, 2.05) is 43.3 Å². The van der Waals surface area contributed by atoms with Gasteiger partial charge in [0.2, 0.25) is 0 Å². The number of phenols is 1. The topological polar surface area (TPSA) is 20.2 Å². The van der Waals surface area contributed by atoms with Gasteiger partial charge in [-0.2, -0.15) is 6.08 Å². The van der Waals surface area contributed by atoms with Gasteiger partial charge < -0.3 is 5.11 Å². The van der Waals surface area contributed by atoms with Crippen LogP contribution in [0.15, 0.2) is 97.1 Å². The molecule has 0 unspecified atom stereocenters. The molecular formula is C31H37OSiTi. The molecule has 3 aromatic rings. The zero-order valence-corrected chi connectivity index (χ0v) is 24.0. The molecule has 34 heavy (non-hydrogen) atoms. The average Bonchev–Trinajstić information content (AvgIpc) is 3.39. The van der Waals surface area contributed by atoms with Crippen LogP contribution in [0.2, 0.25) is 18.1 Å². The van der Waals surface area contributed by atoms with Crippen LogP contribution < -0.4 is 5.19 Å². The van der Waals surface area contributed by atoms with Crippen molar-refractivity contribution in [3.05, 3.63) is 120 Å². The summed E-state index contributed by atoms with van der Waals surface area (Å²) in [6, 6.07) is 26.9. The Morgan fingerprint density at radius 2 is 1.41 bits per heavy atom. The van der Waals surface area contributed by atoms with E-state index in [4.69, 9.17) is 0 Å². The van der Waals surface area contributed by atoms with Gasteiger partial charge in [-0.15, -0.1) is 6.42 Å². The van der Waals surface area contributed by atoms with Crippen molar-refractivity contribution < 1.29 is 25.1 Å². The first-order valence-corrected chi connectivity index (χ1v) is 15.5. The molecule has 0 saturated heterocycles. The fourth-order valence-corrected chi connectivity index (χ4v) is 5.76. The number of aryl methyl sites for hydroxylation is 1. The van der Waals surface area contributed by atoms with Crippen LogP contribution in [0.25, 0.3) is 0 Å². The van der Waals surface area contributed by atoms with Gasteiger partial charge in [0.15, 0.2) is 0 Å². The molecule has 0 heterocycles. The van der Waals surface area contributed by atoms with E-state index in [0.29, 0.717) is 10.8 Å². The fraction of sp³-hybridized carbons (Fsp3) is 0.258. The van der Waals surface area contributed by atoms with Crippen LogP contribution in [0.1, 0.15) is 43.9 Å². The van der Waals surface area contributed by atoms with Gasteiger partial charge in [-0.1, -0.05) is 45.1 Å². The van der Waals surface area contributed by atoms with Crippen molar-refractivity contribution in [1.29, 1.82) is 0 Å². The number of rotatable bonds is 3. The second-order valence-electron chi connectivity index (χ2n) is 10.0. The van der Waals surface area contributed by atoms with Gasteiger partial charge in [0.05, 0.1) is 8.07 Å². The third-order valence-corrected chi connectivity index (χ3v) is 12.8. The Morgan fingerprint density at radius 1 is 0.882 bits per heavy atom. The first-order chi connectivity index (χ1) is 16.0. The van der Waals surface area contributed by atoms with Crippen LogP contribution in [-0.4, -0.2) is 17.0 Å². The van der Waals surface area contributed by atoms with Crippen LogP contribution >= 0.6 is 0 Å². The van der Waals surface area contributed by atoms with Gasteiger partial charge in [0.1, 0.15) is 5.75 Å². The molecule has 0 aliphatic heterocycles. The molecule has 0 saturated carbocycles. The summed E-state index contributed by atoms with van der Waals surface area (Å²) >= 11 is 2.16. The molecule has 4 rings (SSSR count). The molecular weight excluding hydrogens is 464 g/mol. The van der Waals surface area contributed by atoms with E-state index in [1.165, 1.54) is 20.1 Å². The number of hydrogen-bond acceptors (Lipinski definition) is 1. The van der Waals surface area contributed by atoms with Gasteiger partial charge >= 0.3 is 95.6 Å². The summed E-state index contributed by atoms with van der Waals surface area (Å²) in [6.07, 6.45) is 10.0. The molecule has 0 atom stereocenters. The summed E-state index contributed by atoms with van der Waals surface area (Å²) in [5, 5.41) is 11.3. The summed E-state index contributed by atoms with van der Waals surface area (Å²) in [5.74, 6) is 0.398. The van der Waals surface area contributed by atoms with Crippen LogP contribution in [0.5, 0.6) is 5.75 Å². The van der Waals surface area contributed by atoms with E-state index in [-0.39, 0.29) is 0 Å².